The molecule has 1 unspecified atom stereocenters. The molecule has 0 bridgehead atoms. The van der Waals surface area contributed by atoms with E-state index >= 15 is 0 Å². The van der Waals surface area contributed by atoms with Crippen molar-refractivity contribution in [1.29, 1.82) is 5.26 Å². The molecule has 0 saturated heterocycles. The number of benzene rings is 2. The second kappa shape index (κ2) is 8.54. The number of hydrogen-bond acceptors (Lipinski definition) is 5. The Balaban J connectivity index is 1.81. The number of fused-ring (bicyclic) bond motifs is 1. The number of nitriles is 1. The van der Waals surface area contributed by atoms with E-state index < -0.39 is 23.6 Å². The highest BCUT2D eigenvalue weighted by molar-refractivity contribution is 5.99. The summed E-state index contributed by atoms with van der Waals surface area (Å²) in [5, 5.41) is 17.5. The van der Waals surface area contributed by atoms with Gasteiger partial charge in [-0.15, -0.1) is 5.10 Å². The summed E-state index contributed by atoms with van der Waals surface area (Å²) < 4.78 is 45.7. The van der Waals surface area contributed by atoms with E-state index in [1.54, 1.807) is 38.1 Å². The Kier molecular flexibility index (Phi) is 5.77. The van der Waals surface area contributed by atoms with Gasteiger partial charge in [-0.1, -0.05) is 17.3 Å². The minimum absolute atomic E-state index is 0.209. The first-order valence-electron chi connectivity index (χ1n) is 10.2. The molecule has 1 aliphatic carbocycles. The van der Waals surface area contributed by atoms with Gasteiger partial charge in [0.15, 0.2) is 0 Å². The average molecular weight is 452 g/mol. The van der Waals surface area contributed by atoms with Gasteiger partial charge < -0.3 is 4.74 Å². The highest BCUT2D eigenvalue weighted by Gasteiger charge is 2.36. The van der Waals surface area contributed by atoms with Gasteiger partial charge in [0.25, 0.3) is 0 Å². The number of alkyl halides is 3. The molecule has 0 amide bonds. The molecule has 168 valence electrons. The van der Waals surface area contributed by atoms with Crippen molar-refractivity contribution in [2.75, 3.05) is 6.61 Å². The maximum atomic E-state index is 13.0. The van der Waals surface area contributed by atoms with Crippen LogP contribution in [0.15, 0.2) is 54.1 Å². The lowest BCUT2D eigenvalue weighted by Crippen LogP contribution is -2.23. The summed E-state index contributed by atoms with van der Waals surface area (Å²) in [6.45, 7) is 3.69. The van der Waals surface area contributed by atoms with E-state index in [0.717, 1.165) is 17.7 Å². The van der Waals surface area contributed by atoms with Gasteiger partial charge in [0.2, 0.25) is 0 Å². The van der Waals surface area contributed by atoms with Crippen LogP contribution >= 0.6 is 0 Å². The third-order valence-corrected chi connectivity index (χ3v) is 5.65. The van der Waals surface area contributed by atoms with Gasteiger partial charge in [0, 0.05) is 12.3 Å². The lowest BCUT2D eigenvalue weighted by atomic mass is 9.79. The largest absolute Gasteiger partial charge is 0.463 e. The van der Waals surface area contributed by atoms with Crippen molar-refractivity contribution in [3.05, 3.63) is 82.2 Å². The predicted octanol–water partition coefficient (Wildman–Crippen LogP) is 4.83. The fourth-order valence-electron chi connectivity index (χ4n) is 4.04. The van der Waals surface area contributed by atoms with Gasteiger partial charge in [-0.2, -0.15) is 18.4 Å². The standard InChI is InChI=1S/C24H19F3N4O2/c1-3-33-23(32)21-14(2)22-20(12-19(21)16-6-4-15(13-28)5-7-16)31(30-29-22)18-10-8-17(9-11-18)24(25,26)27/h4-11,19H,3,12H2,1-2H3. The Labute approximate surface area is 187 Å². The Morgan fingerprint density at radius 1 is 1.18 bits per heavy atom. The normalized spacial score (nSPS) is 15.7. The summed E-state index contributed by atoms with van der Waals surface area (Å²) in [6.07, 6.45) is -4.10. The molecule has 3 aromatic rings. The van der Waals surface area contributed by atoms with Gasteiger partial charge in [0.05, 0.1) is 40.8 Å². The van der Waals surface area contributed by atoms with Crippen molar-refractivity contribution in [3.8, 4) is 11.8 Å². The average Bonchev–Trinajstić information content (AvgIpc) is 3.23. The van der Waals surface area contributed by atoms with Crippen molar-refractivity contribution in [1.82, 2.24) is 15.0 Å². The number of carbonyl (C=O) groups excluding carboxylic acids is 1. The molecule has 6 nitrogen and oxygen atoms in total. The quantitative estimate of drug-likeness (QED) is 0.530. The molecule has 0 N–H and O–H groups in total. The number of halogens is 3. The maximum absolute atomic E-state index is 13.0. The fourth-order valence-corrected chi connectivity index (χ4v) is 4.04. The zero-order chi connectivity index (χ0) is 23.8. The first-order chi connectivity index (χ1) is 15.7. The number of rotatable bonds is 4. The highest BCUT2D eigenvalue weighted by Crippen LogP contribution is 2.41. The number of ether oxygens (including phenoxy) is 1. The molecule has 4 rings (SSSR count). The lowest BCUT2D eigenvalue weighted by molar-refractivity contribution is -0.139. The first kappa shape index (κ1) is 22.3. The third-order valence-electron chi connectivity index (χ3n) is 5.65. The summed E-state index contributed by atoms with van der Waals surface area (Å²) in [4.78, 5) is 12.8. The number of esters is 1. The van der Waals surface area contributed by atoms with Crippen LogP contribution in [0.2, 0.25) is 0 Å². The van der Waals surface area contributed by atoms with Gasteiger partial charge in [-0.3, -0.25) is 0 Å². The van der Waals surface area contributed by atoms with E-state index in [4.69, 9.17) is 10.00 Å². The second-order valence-electron chi connectivity index (χ2n) is 7.59. The number of nitrogens with zero attached hydrogens (tertiary/aromatic N) is 4. The summed E-state index contributed by atoms with van der Waals surface area (Å²) in [6, 6.07) is 13.7. The van der Waals surface area contributed by atoms with Crippen LogP contribution in [-0.4, -0.2) is 27.6 Å². The summed E-state index contributed by atoms with van der Waals surface area (Å²) >= 11 is 0. The van der Waals surface area contributed by atoms with E-state index in [1.165, 1.54) is 16.8 Å². The number of carbonyl (C=O) groups is 1. The van der Waals surface area contributed by atoms with Gasteiger partial charge >= 0.3 is 12.1 Å². The first-order valence-corrected chi connectivity index (χ1v) is 10.2. The maximum Gasteiger partial charge on any atom is 0.416 e. The molecule has 1 heterocycles. The van der Waals surface area contributed by atoms with E-state index in [-0.39, 0.29) is 6.61 Å². The van der Waals surface area contributed by atoms with E-state index in [9.17, 15) is 18.0 Å². The van der Waals surface area contributed by atoms with Gasteiger partial charge in [-0.25, -0.2) is 9.48 Å². The van der Waals surface area contributed by atoms with Crippen molar-refractivity contribution < 1.29 is 22.7 Å². The third kappa shape index (κ3) is 4.12. The molecule has 1 aliphatic rings. The molecule has 1 atom stereocenters. The van der Waals surface area contributed by atoms with Crippen LogP contribution in [0.3, 0.4) is 0 Å². The molecule has 0 radical (unpaired) electrons. The van der Waals surface area contributed by atoms with E-state index in [2.05, 4.69) is 16.4 Å². The van der Waals surface area contributed by atoms with Crippen LogP contribution in [0.25, 0.3) is 11.3 Å². The molecule has 9 heteroatoms. The molecule has 0 fully saturated rings. The Bertz CT molecular complexity index is 1270. The van der Waals surface area contributed by atoms with Crippen LogP contribution in [0, 0.1) is 11.3 Å². The summed E-state index contributed by atoms with van der Waals surface area (Å²) in [5.41, 5.74) is 3.21. The number of aromatic nitrogens is 3. The molecule has 0 aliphatic heterocycles. The second-order valence-corrected chi connectivity index (χ2v) is 7.59. The topological polar surface area (TPSA) is 80.8 Å². The molecule has 33 heavy (non-hydrogen) atoms. The summed E-state index contributed by atoms with van der Waals surface area (Å²) in [5.74, 6) is -0.852. The minimum atomic E-state index is -4.44. The SMILES string of the molecule is CCOC(=O)C1=C(C)c2nnn(-c3ccc(C(F)(F)F)cc3)c2CC1c1ccc(C#N)cc1. The molecular weight excluding hydrogens is 433 g/mol. The Hall–Kier alpha value is -3.93. The van der Waals surface area contributed by atoms with Crippen molar-refractivity contribution >= 4 is 11.5 Å². The van der Waals surface area contributed by atoms with Crippen molar-refractivity contribution in [2.45, 2.75) is 32.4 Å². The van der Waals surface area contributed by atoms with Crippen LogP contribution in [0.5, 0.6) is 0 Å². The minimum Gasteiger partial charge on any atom is -0.463 e. The van der Waals surface area contributed by atoms with Crippen LogP contribution < -0.4 is 0 Å². The Morgan fingerprint density at radius 3 is 2.42 bits per heavy atom. The van der Waals surface area contributed by atoms with Crippen molar-refractivity contribution in [2.24, 2.45) is 0 Å². The fraction of sp³-hybridized carbons (Fsp3) is 0.250. The van der Waals surface area contributed by atoms with Gasteiger partial charge in [-0.05, 0) is 61.4 Å². The molecular formula is C24H19F3N4O2. The van der Waals surface area contributed by atoms with Crippen LogP contribution in [0.1, 0.15) is 47.8 Å². The van der Waals surface area contributed by atoms with Crippen LogP contribution in [-0.2, 0) is 22.1 Å². The van der Waals surface area contributed by atoms with E-state index in [0.29, 0.717) is 40.2 Å². The smallest absolute Gasteiger partial charge is 0.416 e. The number of allylic oxidation sites excluding steroid dienone is 1. The molecule has 0 spiro atoms. The van der Waals surface area contributed by atoms with Crippen LogP contribution in [0.4, 0.5) is 13.2 Å². The van der Waals surface area contributed by atoms with Crippen molar-refractivity contribution in [3.63, 3.8) is 0 Å². The molecule has 2 aromatic carbocycles. The number of hydrogen-bond donors (Lipinski definition) is 0. The monoisotopic (exact) mass is 452 g/mol. The summed E-state index contributed by atoms with van der Waals surface area (Å²) in [7, 11) is 0. The van der Waals surface area contributed by atoms with Gasteiger partial charge in [0.1, 0.15) is 5.69 Å². The molecule has 0 saturated carbocycles. The Morgan fingerprint density at radius 2 is 1.85 bits per heavy atom. The van der Waals surface area contributed by atoms with E-state index in [1.807, 2.05) is 0 Å². The highest BCUT2D eigenvalue weighted by atomic mass is 19.4. The molecule has 1 aromatic heterocycles. The zero-order valence-electron chi connectivity index (χ0n) is 17.8. The predicted molar refractivity (Wildman–Crippen MR) is 113 cm³/mol. The zero-order valence-corrected chi connectivity index (χ0v) is 17.8. The lowest BCUT2D eigenvalue weighted by Gasteiger charge is -2.26.